The van der Waals surface area contributed by atoms with Gasteiger partial charge in [0.15, 0.2) is 5.65 Å². The minimum Gasteiger partial charge on any atom is -0.363 e. The number of H-pyrrole nitrogens is 1. The van der Waals surface area contributed by atoms with Crippen LogP contribution >= 0.6 is 0 Å². The van der Waals surface area contributed by atoms with Crippen molar-refractivity contribution in [3.05, 3.63) is 22.9 Å². The first-order valence-corrected chi connectivity index (χ1v) is 7.06. The quantitative estimate of drug-likeness (QED) is 0.767. The lowest BCUT2D eigenvalue weighted by Crippen LogP contribution is -2.52. The molecule has 1 aliphatic rings. The van der Waals surface area contributed by atoms with Gasteiger partial charge in [0.2, 0.25) is 0 Å². The van der Waals surface area contributed by atoms with Crippen LogP contribution in [0.2, 0.25) is 0 Å². The zero-order chi connectivity index (χ0) is 14.2. The second-order valence-corrected chi connectivity index (χ2v) is 5.66. The first-order chi connectivity index (χ1) is 9.64. The van der Waals surface area contributed by atoms with Crippen LogP contribution in [0.25, 0.3) is 5.65 Å². The van der Waals surface area contributed by atoms with Gasteiger partial charge in [-0.25, -0.2) is 19.3 Å². The Hall–Kier alpha value is -1.89. The molecule has 1 saturated carbocycles. The van der Waals surface area contributed by atoms with Crippen LogP contribution in [-0.4, -0.2) is 31.7 Å². The SMILES string of the molecule is CC1CCCCC1(CN)Nc1cc2n[nH]c(=O)n2cn1. The van der Waals surface area contributed by atoms with Crippen molar-refractivity contribution >= 4 is 11.5 Å². The van der Waals surface area contributed by atoms with Gasteiger partial charge in [0.25, 0.3) is 0 Å². The molecule has 0 aromatic carbocycles. The molecule has 20 heavy (non-hydrogen) atoms. The molecule has 1 aliphatic carbocycles. The molecule has 2 aromatic rings. The lowest BCUT2D eigenvalue weighted by Gasteiger charge is -2.43. The summed E-state index contributed by atoms with van der Waals surface area (Å²) in [6.07, 6.45) is 6.14. The summed E-state index contributed by atoms with van der Waals surface area (Å²) in [6.45, 7) is 2.81. The number of aromatic amines is 1. The number of nitrogens with one attached hydrogen (secondary N) is 2. The minimum absolute atomic E-state index is 0.111. The van der Waals surface area contributed by atoms with Crippen molar-refractivity contribution in [1.82, 2.24) is 19.6 Å². The molecule has 3 rings (SSSR count). The largest absolute Gasteiger partial charge is 0.363 e. The van der Waals surface area contributed by atoms with Gasteiger partial charge in [-0.05, 0) is 18.8 Å². The Morgan fingerprint density at radius 2 is 2.45 bits per heavy atom. The molecule has 0 aliphatic heterocycles. The summed E-state index contributed by atoms with van der Waals surface area (Å²) >= 11 is 0. The molecule has 7 nitrogen and oxygen atoms in total. The fourth-order valence-corrected chi connectivity index (χ4v) is 3.09. The summed E-state index contributed by atoms with van der Waals surface area (Å²) in [4.78, 5) is 15.7. The Morgan fingerprint density at radius 1 is 1.60 bits per heavy atom. The van der Waals surface area contributed by atoms with E-state index in [9.17, 15) is 4.79 Å². The predicted molar refractivity (Wildman–Crippen MR) is 76.6 cm³/mol. The average molecular weight is 276 g/mol. The summed E-state index contributed by atoms with van der Waals surface area (Å²) in [5.74, 6) is 1.22. The molecule has 4 N–H and O–H groups in total. The monoisotopic (exact) mass is 276 g/mol. The number of aromatic nitrogens is 4. The first-order valence-electron chi connectivity index (χ1n) is 7.06. The number of fused-ring (bicyclic) bond motifs is 1. The van der Waals surface area contributed by atoms with E-state index in [0.29, 0.717) is 18.1 Å². The summed E-state index contributed by atoms with van der Waals surface area (Å²) in [5, 5.41) is 9.85. The number of rotatable bonds is 3. The van der Waals surface area contributed by atoms with Crippen LogP contribution in [0.3, 0.4) is 0 Å². The minimum atomic E-state index is -0.279. The van der Waals surface area contributed by atoms with E-state index in [2.05, 4.69) is 27.4 Å². The second kappa shape index (κ2) is 4.90. The normalized spacial score (nSPS) is 26.8. The van der Waals surface area contributed by atoms with E-state index in [1.807, 2.05) is 0 Å². The van der Waals surface area contributed by atoms with Crippen LogP contribution in [0.1, 0.15) is 32.6 Å². The summed E-state index contributed by atoms with van der Waals surface area (Å²) < 4.78 is 1.38. The molecule has 1 fully saturated rings. The van der Waals surface area contributed by atoms with E-state index < -0.39 is 0 Å². The molecule has 2 unspecified atom stereocenters. The maximum absolute atomic E-state index is 11.4. The third kappa shape index (κ3) is 2.07. The van der Waals surface area contributed by atoms with Gasteiger partial charge in [-0.15, -0.1) is 0 Å². The zero-order valence-corrected chi connectivity index (χ0v) is 11.6. The van der Waals surface area contributed by atoms with E-state index >= 15 is 0 Å². The van der Waals surface area contributed by atoms with Gasteiger partial charge in [0.05, 0.1) is 5.54 Å². The zero-order valence-electron chi connectivity index (χ0n) is 11.6. The molecule has 2 aromatic heterocycles. The molecule has 2 heterocycles. The maximum Gasteiger partial charge on any atom is 0.348 e. The van der Waals surface area contributed by atoms with Crippen molar-refractivity contribution in [3.8, 4) is 0 Å². The molecule has 0 amide bonds. The number of anilines is 1. The standard InChI is InChI=1S/C13H20N6O/c1-9-4-2-3-5-13(9,7-14)16-10-6-11-17-18-12(20)19(11)8-15-10/h6,8-9,16H,2-5,7,14H2,1H3,(H,18,20). The Kier molecular flexibility index (Phi) is 3.21. The van der Waals surface area contributed by atoms with Crippen molar-refractivity contribution in [1.29, 1.82) is 0 Å². The molecule has 2 atom stereocenters. The van der Waals surface area contributed by atoms with Crippen LogP contribution in [0, 0.1) is 5.92 Å². The Balaban J connectivity index is 1.92. The molecular formula is C13H20N6O. The van der Waals surface area contributed by atoms with Crippen LogP contribution < -0.4 is 16.7 Å². The van der Waals surface area contributed by atoms with Crippen molar-refractivity contribution in [2.45, 2.75) is 38.1 Å². The van der Waals surface area contributed by atoms with Gasteiger partial charge >= 0.3 is 5.69 Å². The number of hydrogen-bond donors (Lipinski definition) is 3. The van der Waals surface area contributed by atoms with E-state index in [-0.39, 0.29) is 11.2 Å². The lowest BCUT2D eigenvalue weighted by molar-refractivity contribution is 0.235. The highest BCUT2D eigenvalue weighted by Gasteiger charge is 2.37. The molecular weight excluding hydrogens is 256 g/mol. The highest BCUT2D eigenvalue weighted by atomic mass is 16.1. The molecule has 108 valence electrons. The van der Waals surface area contributed by atoms with Crippen LogP contribution in [-0.2, 0) is 0 Å². The smallest absolute Gasteiger partial charge is 0.348 e. The van der Waals surface area contributed by atoms with Crippen LogP contribution in [0.5, 0.6) is 0 Å². The van der Waals surface area contributed by atoms with E-state index in [1.54, 1.807) is 6.07 Å². The molecule has 0 radical (unpaired) electrons. The van der Waals surface area contributed by atoms with Crippen molar-refractivity contribution in [2.75, 3.05) is 11.9 Å². The first kappa shape index (κ1) is 13.1. The van der Waals surface area contributed by atoms with Crippen LogP contribution in [0.15, 0.2) is 17.2 Å². The Labute approximate surface area is 116 Å². The average Bonchev–Trinajstić information content (AvgIpc) is 2.83. The second-order valence-electron chi connectivity index (χ2n) is 5.66. The van der Waals surface area contributed by atoms with Gasteiger partial charge in [-0.1, -0.05) is 19.8 Å². The van der Waals surface area contributed by atoms with E-state index in [0.717, 1.165) is 12.2 Å². The van der Waals surface area contributed by atoms with Gasteiger partial charge in [0.1, 0.15) is 12.1 Å². The van der Waals surface area contributed by atoms with Gasteiger partial charge in [-0.2, -0.15) is 5.10 Å². The topological polar surface area (TPSA) is 101 Å². The molecule has 0 spiro atoms. The van der Waals surface area contributed by atoms with Gasteiger partial charge in [-0.3, -0.25) is 0 Å². The maximum atomic E-state index is 11.4. The fraction of sp³-hybridized carbons (Fsp3) is 0.615. The van der Waals surface area contributed by atoms with Crippen molar-refractivity contribution < 1.29 is 0 Å². The van der Waals surface area contributed by atoms with E-state index in [4.69, 9.17) is 5.73 Å². The van der Waals surface area contributed by atoms with Crippen molar-refractivity contribution in [2.24, 2.45) is 11.7 Å². The molecule has 0 saturated heterocycles. The van der Waals surface area contributed by atoms with Gasteiger partial charge < -0.3 is 11.1 Å². The third-order valence-corrected chi connectivity index (χ3v) is 4.50. The predicted octanol–water partition coefficient (Wildman–Crippen LogP) is 0.737. The summed E-state index contributed by atoms with van der Waals surface area (Å²) in [7, 11) is 0. The fourth-order valence-electron chi connectivity index (χ4n) is 3.09. The highest BCUT2D eigenvalue weighted by molar-refractivity contribution is 5.50. The molecule has 7 heteroatoms. The third-order valence-electron chi connectivity index (χ3n) is 4.50. The summed E-state index contributed by atoms with van der Waals surface area (Å²) in [5.41, 5.74) is 6.19. The highest BCUT2D eigenvalue weighted by Crippen LogP contribution is 2.35. The summed E-state index contributed by atoms with van der Waals surface area (Å²) in [6, 6.07) is 1.77. The van der Waals surface area contributed by atoms with Crippen molar-refractivity contribution in [3.63, 3.8) is 0 Å². The number of hydrogen-bond acceptors (Lipinski definition) is 5. The van der Waals surface area contributed by atoms with E-state index in [1.165, 1.54) is 30.0 Å². The lowest BCUT2D eigenvalue weighted by atomic mass is 9.73. The van der Waals surface area contributed by atoms with Gasteiger partial charge in [0, 0.05) is 12.6 Å². The number of nitrogens with two attached hydrogens (primary N) is 1. The van der Waals surface area contributed by atoms with Crippen LogP contribution in [0.4, 0.5) is 5.82 Å². The Morgan fingerprint density at radius 3 is 3.20 bits per heavy atom. The number of nitrogens with zero attached hydrogens (tertiary/aromatic N) is 3. The molecule has 0 bridgehead atoms. The Bertz CT molecular complexity index is 662.